The van der Waals surface area contributed by atoms with E-state index in [0.29, 0.717) is 6.42 Å². The molecule has 0 aliphatic rings. The second kappa shape index (κ2) is 5.52. The maximum atomic E-state index is 12.6. The molecule has 2 heterocycles. The third-order valence-electron chi connectivity index (χ3n) is 3.57. The normalized spacial score (nSPS) is 11.1. The molecule has 0 aliphatic heterocycles. The number of aromatic nitrogens is 4. The summed E-state index contributed by atoms with van der Waals surface area (Å²) in [7, 11) is 1.86. The first-order valence-electron chi connectivity index (χ1n) is 6.62. The predicted octanol–water partition coefficient (Wildman–Crippen LogP) is 2.75. The summed E-state index contributed by atoms with van der Waals surface area (Å²) in [4.78, 5) is 12.6. The molecule has 0 aliphatic carbocycles. The van der Waals surface area contributed by atoms with Crippen molar-refractivity contribution in [1.82, 2.24) is 19.6 Å². The van der Waals surface area contributed by atoms with Gasteiger partial charge in [0, 0.05) is 19.3 Å². The van der Waals surface area contributed by atoms with Crippen molar-refractivity contribution in [3.63, 3.8) is 0 Å². The molecule has 0 radical (unpaired) electrons. The van der Waals surface area contributed by atoms with Crippen LogP contribution < -0.4 is 0 Å². The predicted molar refractivity (Wildman–Crippen MR) is 81.1 cm³/mol. The number of carbonyl (C=O) groups excluding carboxylic acids is 1. The number of hydrogen-bond donors (Lipinski definition) is 0. The van der Waals surface area contributed by atoms with Gasteiger partial charge in [-0.2, -0.15) is 10.2 Å². The molecule has 108 valence electrons. The van der Waals surface area contributed by atoms with Crippen LogP contribution in [0.3, 0.4) is 0 Å². The number of aryl methyl sites for hydroxylation is 4. The molecule has 0 spiro atoms. The van der Waals surface area contributed by atoms with E-state index < -0.39 is 0 Å². The van der Waals surface area contributed by atoms with E-state index in [-0.39, 0.29) is 5.78 Å². The maximum absolute atomic E-state index is 12.6. The summed E-state index contributed by atoms with van der Waals surface area (Å²) in [6.45, 7) is 8.50. The van der Waals surface area contributed by atoms with Crippen molar-refractivity contribution >= 4 is 21.7 Å². The van der Waals surface area contributed by atoms with Crippen molar-refractivity contribution in [2.45, 2.75) is 40.7 Å². The molecule has 0 amide bonds. The summed E-state index contributed by atoms with van der Waals surface area (Å²) in [6, 6.07) is 0. The van der Waals surface area contributed by atoms with Gasteiger partial charge in [0.15, 0.2) is 5.78 Å². The van der Waals surface area contributed by atoms with E-state index in [1.807, 2.05) is 39.4 Å². The fraction of sp³-hybridized carbons (Fsp3) is 0.500. The van der Waals surface area contributed by atoms with E-state index in [9.17, 15) is 4.79 Å². The zero-order chi connectivity index (χ0) is 15.0. The Bertz CT molecular complexity index is 669. The average Bonchev–Trinajstić information content (AvgIpc) is 2.80. The van der Waals surface area contributed by atoms with Crippen LogP contribution in [0.1, 0.15) is 40.1 Å². The van der Waals surface area contributed by atoms with Crippen LogP contribution in [0.5, 0.6) is 0 Å². The highest BCUT2D eigenvalue weighted by molar-refractivity contribution is 9.10. The van der Waals surface area contributed by atoms with Crippen molar-refractivity contribution in [3.05, 3.63) is 32.8 Å². The number of hydrogen-bond acceptors (Lipinski definition) is 3. The maximum Gasteiger partial charge on any atom is 0.172 e. The summed E-state index contributed by atoms with van der Waals surface area (Å²) >= 11 is 3.53. The summed E-state index contributed by atoms with van der Waals surface area (Å²) in [5, 5.41) is 8.73. The van der Waals surface area contributed by atoms with Crippen LogP contribution in [0.4, 0.5) is 0 Å². The molecule has 20 heavy (non-hydrogen) atoms. The Hall–Kier alpha value is -1.43. The van der Waals surface area contributed by atoms with E-state index in [0.717, 1.165) is 39.4 Å². The third-order valence-corrected chi connectivity index (χ3v) is 4.60. The van der Waals surface area contributed by atoms with Gasteiger partial charge in [-0.25, -0.2) is 0 Å². The second-order valence-corrected chi connectivity index (χ2v) is 5.72. The molecular formula is C14H19BrN4O. The van der Waals surface area contributed by atoms with E-state index in [4.69, 9.17) is 0 Å². The lowest BCUT2D eigenvalue weighted by Gasteiger charge is -2.05. The Morgan fingerprint density at radius 2 is 1.85 bits per heavy atom. The number of Topliss-reactive ketones (excluding diaryl/α,β-unsaturated/α-hetero) is 1. The van der Waals surface area contributed by atoms with Gasteiger partial charge in [0.05, 0.1) is 33.5 Å². The van der Waals surface area contributed by atoms with Gasteiger partial charge in [-0.05, 0) is 43.6 Å². The van der Waals surface area contributed by atoms with Crippen LogP contribution in [0.2, 0.25) is 0 Å². The molecule has 5 nitrogen and oxygen atoms in total. The molecule has 0 saturated carbocycles. The lowest BCUT2D eigenvalue weighted by atomic mass is 10.0. The third kappa shape index (κ3) is 2.44. The van der Waals surface area contributed by atoms with E-state index >= 15 is 0 Å². The van der Waals surface area contributed by atoms with Gasteiger partial charge in [0.1, 0.15) is 0 Å². The average molecular weight is 339 g/mol. The Labute approximate surface area is 127 Å². The minimum Gasteiger partial charge on any atom is -0.294 e. The second-order valence-electron chi connectivity index (χ2n) is 4.93. The molecule has 2 aromatic heterocycles. The van der Waals surface area contributed by atoms with E-state index in [1.165, 1.54) is 0 Å². The fourth-order valence-corrected chi connectivity index (χ4v) is 2.88. The van der Waals surface area contributed by atoms with Crippen LogP contribution in [0.15, 0.2) is 4.47 Å². The zero-order valence-electron chi connectivity index (χ0n) is 12.5. The summed E-state index contributed by atoms with van der Waals surface area (Å²) in [5.41, 5.74) is 4.25. The lowest BCUT2D eigenvalue weighted by Crippen LogP contribution is -2.11. The molecule has 0 bridgehead atoms. The molecule has 0 N–H and O–H groups in total. The highest BCUT2D eigenvalue weighted by atomic mass is 79.9. The largest absolute Gasteiger partial charge is 0.294 e. The molecule has 2 aromatic rings. The SMILES string of the molecule is CCn1nc(C)c(Br)c1CC(=O)c1c(C)nn(C)c1C. The fourth-order valence-electron chi connectivity index (χ4n) is 2.46. The van der Waals surface area contributed by atoms with Gasteiger partial charge in [-0.3, -0.25) is 14.2 Å². The molecule has 0 fully saturated rings. The molecule has 2 rings (SSSR count). The smallest absolute Gasteiger partial charge is 0.172 e. The highest BCUT2D eigenvalue weighted by Gasteiger charge is 2.21. The lowest BCUT2D eigenvalue weighted by molar-refractivity contribution is 0.0989. The molecule has 0 saturated heterocycles. The van der Waals surface area contributed by atoms with Gasteiger partial charge < -0.3 is 0 Å². The van der Waals surface area contributed by atoms with Crippen LogP contribution >= 0.6 is 15.9 Å². The van der Waals surface area contributed by atoms with Gasteiger partial charge in [-0.1, -0.05) is 0 Å². The van der Waals surface area contributed by atoms with E-state index in [2.05, 4.69) is 26.1 Å². The van der Waals surface area contributed by atoms with Gasteiger partial charge >= 0.3 is 0 Å². The number of rotatable bonds is 4. The quantitative estimate of drug-likeness (QED) is 0.805. The Morgan fingerprint density at radius 3 is 2.35 bits per heavy atom. The van der Waals surface area contributed by atoms with Crippen LogP contribution in [-0.4, -0.2) is 25.3 Å². The topological polar surface area (TPSA) is 52.7 Å². The number of nitrogens with zero attached hydrogens (tertiary/aromatic N) is 4. The number of ketones is 1. The number of halogens is 1. The first-order valence-corrected chi connectivity index (χ1v) is 7.41. The summed E-state index contributed by atoms with van der Waals surface area (Å²) in [6.07, 6.45) is 0.336. The monoisotopic (exact) mass is 338 g/mol. The van der Waals surface area contributed by atoms with Crippen LogP contribution in [0, 0.1) is 20.8 Å². The van der Waals surface area contributed by atoms with Crippen LogP contribution in [-0.2, 0) is 20.0 Å². The van der Waals surface area contributed by atoms with Gasteiger partial charge in [-0.15, -0.1) is 0 Å². The first kappa shape index (κ1) is 15.0. The standard InChI is InChI=1S/C14H19BrN4O/c1-6-19-11(14(15)9(3)17-19)7-12(20)13-8(2)16-18(5)10(13)4/h6-7H2,1-5H3. The minimum atomic E-state index is 0.0865. The van der Waals surface area contributed by atoms with Gasteiger partial charge in [0.25, 0.3) is 0 Å². The number of carbonyl (C=O) groups is 1. The van der Waals surface area contributed by atoms with Crippen molar-refractivity contribution in [2.24, 2.45) is 7.05 Å². The Balaban J connectivity index is 2.37. The van der Waals surface area contributed by atoms with Crippen molar-refractivity contribution in [1.29, 1.82) is 0 Å². The molecule has 0 atom stereocenters. The van der Waals surface area contributed by atoms with Crippen molar-refractivity contribution < 1.29 is 4.79 Å². The van der Waals surface area contributed by atoms with Crippen molar-refractivity contribution in [3.8, 4) is 0 Å². The minimum absolute atomic E-state index is 0.0865. The first-order chi connectivity index (χ1) is 9.36. The zero-order valence-corrected chi connectivity index (χ0v) is 14.1. The summed E-state index contributed by atoms with van der Waals surface area (Å²) in [5.74, 6) is 0.0865. The highest BCUT2D eigenvalue weighted by Crippen LogP contribution is 2.24. The Kier molecular flexibility index (Phi) is 4.13. The van der Waals surface area contributed by atoms with E-state index in [1.54, 1.807) is 4.68 Å². The molecule has 6 heteroatoms. The van der Waals surface area contributed by atoms with Crippen molar-refractivity contribution in [2.75, 3.05) is 0 Å². The Morgan fingerprint density at radius 1 is 1.20 bits per heavy atom. The molecular weight excluding hydrogens is 320 g/mol. The molecule has 0 unspecified atom stereocenters. The van der Waals surface area contributed by atoms with Crippen LogP contribution in [0.25, 0.3) is 0 Å². The summed E-state index contributed by atoms with van der Waals surface area (Å²) < 4.78 is 4.55. The molecule has 0 aromatic carbocycles. The van der Waals surface area contributed by atoms with Gasteiger partial charge in [0.2, 0.25) is 0 Å².